The lowest BCUT2D eigenvalue weighted by Crippen LogP contribution is -1.82. The normalized spacial score (nSPS) is 15.4. The summed E-state index contributed by atoms with van der Waals surface area (Å²) in [6, 6.07) is 6.48. The molecule has 0 aromatic heterocycles. The van der Waals surface area contributed by atoms with Gasteiger partial charge in [0, 0.05) is 0 Å². The summed E-state index contributed by atoms with van der Waals surface area (Å²) in [6.45, 7) is 3.59. The third-order valence-electron chi connectivity index (χ3n) is 2.10. The Bertz CT molecular complexity index is 313. The molecule has 1 aromatic carbocycles. The molecule has 1 heterocycles. The minimum absolute atomic E-state index is 0.778. The van der Waals surface area contributed by atoms with Crippen LogP contribution in [-0.4, -0.2) is 0 Å². The smallest absolute Gasteiger partial charge is 0.0725 e. The van der Waals surface area contributed by atoms with E-state index in [2.05, 4.69) is 30.4 Å². The molecule has 12 heavy (non-hydrogen) atoms. The van der Waals surface area contributed by atoms with E-state index in [1.165, 1.54) is 16.7 Å². The molecule has 0 amide bonds. The van der Waals surface area contributed by atoms with E-state index in [1.54, 1.807) is 0 Å². The molecular weight excluding hydrogens is 148 g/mol. The highest BCUT2D eigenvalue weighted by Crippen LogP contribution is 2.21. The molecule has 0 saturated carbocycles. The molecule has 0 unspecified atom stereocenters. The molecule has 0 fully saturated rings. The molecule has 1 aromatic rings. The minimum Gasteiger partial charge on any atom is -0.372 e. The van der Waals surface area contributed by atoms with E-state index in [1.807, 2.05) is 6.92 Å². The summed E-state index contributed by atoms with van der Waals surface area (Å²) >= 11 is 0. The van der Waals surface area contributed by atoms with Crippen molar-refractivity contribution in [1.82, 2.24) is 0 Å². The van der Waals surface area contributed by atoms with Crippen molar-refractivity contribution >= 4 is 6.08 Å². The molecule has 1 aliphatic heterocycles. The number of hydrogen-bond acceptors (Lipinski definition) is 1. The second kappa shape index (κ2) is 3.11. The van der Waals surface area contributed by atoms with Gasteiger partial charge in [-0.05, 0) is 29.7 Å². The van der Waals surface area contributed by atoms with Gasteiger partial charge >= 0.3 is 0 Å². The fourth-order valence-corrected chi connectivity index (χ4v) is 1.49. The first kappa shape index (κ1) is 7.56. The SMILES string of the molecule is C/C=C/c1ccc2c(c1)COC2. The summed E-state index contributed by atoms with van der Waals surface area (Å²) in [7, 11) is 0. The van der Waals surface area contributed by atoms with Crippen LogP contribution < -0.4 is 0 Å². The van der Waals surface area contributed by atoms with Crippen LogP contribution in [0.1, 0.15) is 23.6 Å². The van der Waals surface area contributed by atoms with Crippen molar-refractivity contribution in [2.45, 2.75) is 20.1 Å². The molecule has 1 nitrogen and oxygen atoms in total. The molecule has 1 aliphatic rings. The quantitative estimate of drug-likeness (QED) is 0.613. The zero-order valence-corrected chi connectivity index (χ0v) is 7.21. The number of benzene rings is 1. The average molecular weight is 160 g/mol. The van der Waals surface area contributed by atoms with Crippen LogP contribution in [0.25, 0.3) is 6.08 Å². The number of ether oxygens (including phenoxy) is 1. The van der Waals surface area contributed by atoms with E-state index >= 15 is 0 Å². The fraction of sp³-hybridized carbons (Fsp3) is 0.273. The summed E-state index contributed by atoms with van der Waals surface area (Å²) in [5, 5.41) is 0. The molecule has 0 radical (unpaired) electrons. The minimum atomic E-state index is 0.778. The molecular formula is C11H12O. The topological polar surface area (TPSA) is 9.23 Å². The first-order valence-electron chi connectivity index (χ1n) is 4.22. The van der Waals surface area contributed by atoms with Crippen LogP contribution in [0, 0.1) is 0 Å². The average Bonchev–Trinajstić information content (AvgIpc) is 2.51. The lowest BCUT2D eigenvalue weighted by Gasteiger charge is -1.97. The fourth-order valence-electron chi connectivity index (χ4n) is 1.49. The zero-order valence-electron chi connectivity index (χ0n) is 7.21. The standard InChI is InChI=1S/C11H12O/c1-2-3-9-4-5-10-7-12-8-11(10)6-9/h2-6H,7-8H2,1H3/b3-2+. The van der Waals surface area contributed by atoms with Crippen LogP contribution >= 0.6 is 0 Å². The van der Waals surface area contributed by atoms with Crippen LogP contribution in [-0.2, 0) is 18.0 Å². The molecule has 0 saturated heterocycles. The van der Waals surface area contributed by atoms with Crippen molar-refractivity contribution in [2.75, 3.05) is 0 Å². The van der Waals surface area contributed by atoms with E-state index < -0.39 is 0 Å². The van der Waals surface area contributed by atoms with Gasteiger partial charge in [0.05, 0.1) is 13.2 Å². The van der Waals surface area contributed by atoms with Crippen LogP contribution in [0.4, 0.5) is 0 Å². The van der Waals surface area contributed by atoms with Gasteiger partial charge in [0.15, 0.2) is 0 Å². The number of rotatable bonds is 1. The van der Waals surface area contributed by atoms with E-state index in [0.29, 0.717) is 0 Å². The summed E-state index contributed by atoms with van der Waals surface area (Å²) in [4.78, 5) is 0. The highest BCUT2D eigenvalue weighted by molar-refractivity contribution is 5.51. The Balaban J connectivity index is 2.38. The summed E-state index contributed by atoms with van der Waals surface area (Å²) in [6.07, 6.45) is 4.16. The van der Waals surface area contributed by atoms with Crippen LogP contribution in [0.3, 0.4) is 0 Å². The summed E-state index contributed by atoms with van der Waals surface area (Å²) in [5.41, 5.74) is 3.94. The summed E-state index contributed by atoms with van der Waals surface area (Å²) < 4.78 is 5.32. The van der Waals surface area contributed by atoms with Gasteiger partial charge in [0.1, 0.15) is 0 Å². The van der Waals surface area contributed by atoms with Crippen molar-refractivity contribution in [3.63, 3.8) is 0 Å². The van der Waals surface area contributed by atoms with Gasteiger partial charge in [0.25, 0.3) is 0 Å². The number of allylic oxidation sites excluding steroid dienone is 1. The van der Waals surface area contributed by atoms with Gasteiger partial charge < -0.3 is 4.74 Å². The molecule has 1 heteroatoms. The van der Waals surface area contributed by atoms with Crippen LogP contribution in [0.2, 0.25) is 0 Å². The Morgan fingerprint density at radius 2 is 2.08 bits per heavy atom. The van der Waals surface area contributed by atoms with E-state index in [0.717, 1.165) is 13.2 Å². The largest absolute Gasteiger partial charge is 0.372 e. The van der Waals surface area contributed by atoms with Gasteiger partial charge in [-0.2, -0.15) is 0 Å². The molecule has 2 rings (SSSR count). The highest BCUT2D eigenvalue weighted by atomic mass is 16.5. The zero-order chi connectivity index (χ0) is 8.39. The Morgan fingerprint density at radius 3 is 2.92 bits per heavy atom. The first-order chi connectivity index (χ1) is 5.90. The summed E-state index contributed by atoms with van der Waals surface area (Å²) in [5.74, 6) is 0. The van der Waals surface area contributed by atoms with E-state index in [9.17, 15) is 0 Å². The van der Waals surface area contributed by atoms with Crippen molar-refractivity contribution in [2.24, 2.45) is 0 Å². The maximum Gasteiger partial charge on any atom is 0.0725 e. The lowest BCUT2D eigenvalue weighted by atomic mass is 10.1. The third-order valence-corrected chi connectivity index (χ3v) is 2.10. The van der Waals surface area contributed by atoms with Crippen molar-refractivity contribution in [3.8, 4) is 0 Å². The van der Waals surface area contributed by atoms with Gasteiger partial charge in [0.2, 0.25) is 0 Å². The third kappa shape index (κ3) is 1.28. The molecule has 0 N–H and O–H groups in total. The molecule has 0 atom stereocenters. The van der Waals surface area contributed by atoms with Crippen molar-refractivity contribution in [1.29, 1.82) is 0 Å². The maximum absolute atomic E-state index is 5.32. The van der Waals surface area contributed by atoms with Crippen molar-refractivity contribution in [3.05, 3.63) is 41.0 Å². The van der Waals surface area contributed by atoms with Crippen molar-refractivity contribution < 1.29 is 4.74 Å². The Morgan fingerprint density at radius 1 is 1.25 bits per heavy atom. The Hall–Kier alpha value is -1.08. The molecule has 0 aliphatic carbocycles. The maximum atomic E-state index is 5.32. The Kier molecular flexibility index (Phi) is 1.96. The lowest BCUT2D eigenvalue weighted by molar-refractivity contribution is 0.134. The number of hydrogen-bond donors (Lipinski definition) is 0. The second-order valence-corrected chi connectivity index (χ2v) is 3.02. The van der Waals surface area contributed by atoms with Crippen LogP contribution in [0.15, 0.2) is 24.3 Å². The van der Waals surface area contributed by atoms with E-state index in [-0.39, 0.29) is 0 Å². The monoisotopic (exact) mass is 160 g/mol. The van der Waals surface area contributed by atoms with Gasteiger partial charge in [-0.1, -0.05) is 24.3 Å². The molecule has 0 spiro atoms. The molecule has 62 valence electrons. The van der Waals surface area contributed by atoms with Gasteiger partial charge in [-0.25, -0.2) is 0 Å². The van der Waals surface area contributed by atoms with Gasteiger partial charge in [-0.3, -0.25) is 0 Å². The number of fused-ring (bicyclic) bond motifs is 1. The predicted octanol–water partition coefficient (Wildman–Crippen LogP) is 2.75. The molecule has 0 bridgehead atoms. The Labute approximate surface area is 72.7 Å². The van der Waals surface area contributed by atoms with E-state index in [4.69, 9.17) is 4.74 Å². The first-order valence-corrected chi connectivity index (χ1v) is 4.22. The predicted molar refractivity (Wildman–Crippen MR) is 49.6 cm³/mol. The van der Waals surface area contributed by atoms with Crippen LogP contribution in [0.5, 0.6) is 0 Å². The second-order valence-electron chi connectivity index (χ2n) is 3.02. The van der Waals surface area contributed by atoms with Gasteiger partial charge in [-0.15, -0.1) is 0 Å². The highest BCUT2D eigenvalue weighted by Gasteiger charge is 2.09.